The van der Waals surface area contributed by atoms with E-state index >= 15 is 0 Å². The van der Waals surface area contributed by atoms with Crippen LogP contribution in [0.15, 0.2) is 12.5 Å². The van der Waals surface area contributed by atoms with Gasteiger partial charge in [0.2, 0.25) is 0 Å². The Kier molecular flexibility index (Phi) is 3.62. The van der Waals surface area contributed by atoms with E-state index in [0.29, 0.717) is 5.65 Å². The number of alkyl halides is 1. The zero-order valence-corrected chi connectivity index (χ0v) is 13.5. The second-order valence-corrected chi connectivity index (χ2v) is 6.79. The number of hydrogen-bond acceptors (Lipinski definition) is 3. The highest BCUT2D eigenvalue weighted by Gasteiger charge is 2.51. The second-order valence-electron chi connectivity index (χ2n) is 5.62. The van der Waals surface area contributed by atoms with E-state index < -0.39 is 16.9 Å². The van der Waals surface area contributed by atoms with Crippen LogP contribution in [0, 0.1) is 11.7 Å². The molecule has 3 heterocycles. The van der Waals surface area contributed by atoms with Gasteiger partial charge >= 0.3 is 0 Å². The Morgan fingerprint density at radius 1 is 1.48 bits per heavy atom. The fourth-order valence-corrected chi connectivity index (χ4v) is 3.49. The van der Waals surface area contributed by atoms with Gasteiger partial charge in [0.25, 0.3) is 0 Å². The maximum Gasteiger partial charge on any atom is 0.155 e. The Labute approximate surface area is 132 Å². The molecule has 0 aromatic carbocycles. The largest absolute Gasteiger partial charge is 0.353 e. The van der Waals surface area contributed by atoms with E-state index in [-0.39, 0.29) is 22.6 Å². The van der Waals surface area contributed by atoms with Gasteiger partial charge in [0.1, 0.15) is 17.1 Å². The van der Waals surface area contributed by atoms with Gasteiger partial charge in [0.15, 0.2) is 12.0 Å². The molecular formula is C14H16Cl2FN3O. The van der Waals surface area contributed by atoms with Gasteiger partial charge in [-0.1, -0.05) is 25.4 Å². The van der Waals surface area contributed by atoms with Gasteiger partial charge in [-0.05, 0) is 13.3 Å². The predicted octanol–water partition coefficient (Wildman–Crippen LogP) is 4.16. The van der Waals surface area contributed by atoms with Crippen molar-refractivity contribution in [2.45, 2.75) is 44.4 Å². The smallest absolute Gasteiger partial charge is 0.155 e. The van der Waals surface area contributed by atoms with Crippen LogP contribution in [0.3, 0.4) is 0 Å². The summed E-state index contributed by atoms with van der Waals surface area (Å²) in [6.07, 6.45) is 3.01. The van der Waals surface area contributed by atoms with Gasteiger partial charge in [-0.25, -0.2) is 14.4 Å². The molecule has 21 heavy (non-hydrogen) atoms. The van der Waals surface area contributed by atoms with Crippen molar-refractivity contribution in [1.82, 2.24) is 14.5 Å². The topological polar surface area (TPSA) is 39.9 Å². The summed E-state index contributed by atoms with van der Waals surface area (Å²) < 4.78 is 21.8. The van der Waals surface area contributed by atoms with Crippen molar-refractivity contribution in [3.63, 3.8) is 0 Å². The molecule has 0 saturated carbocycles. The van der Waals surface area contributed by atoms with Crippen LogP contribution in [0.5, 0.6) is 0 Å². The van der Waals surface area contributed by atoms with Crippen LogP contribution < -0.4 is 0 Å². The van der Waals surface area contributed by atoms with Crippen molar-refractivity contribution in [2.24, 2.45) is 5.92 Å². The van der Waals surface area contributed by atoms with Gasteiger partial charge in [-0.15, -0.1) is 11.6 Å². The molecule has 0 bridgehead atoms. The lowest BCUT2D eigenvalue weighted by atomic mass is 9.90. The zero-order valence-electron chi connectivity index (χ0n) is 12.0. The normalized spacial score (nSPS) is 33.0. The summed E-state index contributed by atoms with van der Waals surface area (Å²) in [6, 6.07) is 0. The summed E-state index contributed by atoms with van der Waals surface area (Å²) in [5, 5.41) is 0.286. The third-order valence-electron chi connectivity index (χ3n) is 4.41. The first-order valence-corrected chi connectivity index (χ1v) is 7.64. The maximum absolute atomic E-state index is 14.2. The van der Waals surface area contributed by atoms with Gasteiger partial charge in [0, 0.05) is 12.1 Å². The highest BCUT2D eigenvalue weighted by atomic mass is 35.5. The quantitative estimate of drug-likeness (QED) is 0.612. The second kappa shape index (κ2) is 5.07. The van der Waals surface area contributed by atoms with Crippen LogP contribution in [-0.4, -0.2) is 25.5 Å². The lowest BCUT2D eigenvalue weighted by molar-refractivity contribution is -0.00877. The van der Waals surface area contributed by atoms with Crippen LogP contribution >= 0.6 is 23.2 Å². The van der Waals surface area contributed by atoms with Crippen LogP contribution in [0.2, 0.25) is 5.15 Å². The first-order valence-electron chi connectivity index (χ1n) is 6.88. The molecule has 0 spiro atoms. The highest BCUT2D eigenvalue weighted by molar-refractivity contribution is 6.34. The minimum absolute atomic E-state index is 0.0234. The molecule has 0 radical (unpaired) electrons. The molecule has 1 saturated heterocycles. The number of rotatable bonds is 2. The van der Waals surface area contributed by atoms with E-state index in [2.05, 4.69) is 9.97 Å². The van der Waals surface area contributed by atoms with Gasteiger partial charge in [0.05, 0.1) is 16.4 Å². The van der Waals surface area contributed by atoms with Crippen LogP contribution in [0.25, 0.3) is 11.0 Å². The SMILES string of the molecule is CC[C@H]1O[C@@H](n2cc(F)c3c(Cl)ncnc32)[C@](C)(Cl)[C@@H]1C. The highest BCUT2D eigenvalue weighted by Crippen LogP contribution is 2.49. The molecule has 4 nitrogen and oxygen atoms in total. The molecule has 3 rings (SSSR count). The van der Waals surface area contributed by atoms with Crippen LogP contribution in [0.4, 0.5) is 4.39 Å². The first-order chi connectivity index (χ1) is 9.87. The molecule has 1 aliphatic rings. The average Bonchev–Trinajstić information content (AvgIpc) is 2.87. The Morgan fingerprint density at radius 2 is 2.19 bits per heavy atom. The van der Waals surface area contributed by atoms with Crippen molar-refractivity contribution >= 4 is 34.2 Å². The fraction of sp³-hybridized carbons (Fsp3) is 0.571. The van der Waals surface area contributed by atoms with E-state index in [4.69, 9.17) is 27.9 Å². The molecule has 0 amide bonds. The number of aromatic nitrogens is 3. The molecule has 4 atom stereocenters. The minimum atomic E-state index is -0.656. The van der Waals surface area contributed by atoms with Gasteiger partial charge in [-0.2, -0.15) is 0 Å². The van der Waals surface area contributed by atoms with Crippen molar-refractivity contribution in [2.75, 3.05) is 0 Å². The third kappa shape index (κ3) is 2.14. The van der Waals surface area contributed by atoms with E-state index in [0.717, 1.165) is 6.42 Å². The van der Waals surface area contributed by atoms with Crippen molar-refractivity contribution < 1.29 is 9.13 Å². The summed E-state index contributed by atoms with van der Waals surface area (Å²) in [5.41, 5.74) is 0.397. The summed E-state index contributed by atoms with van der Waals surface area (Å²) in [7, 11) is 0. The predicted molar refractivity (Wildman–Crippen MR) is 80.1 cm³/mol. The number of ether oxygens (including phenoxy) is 1. The molecule has 0 aliphatic carbocycles. The monoisotopic (exact) mass is 331 g/mol. The molecule has 2 aromatic heterocycles. The minimum Gasteiger partial charge on any atom is -0.353 e. The first kappa shape index (κ1) is 15.0. The molecule has 114 valence electrons. The van der Waals surface area contributed by atoms with E-state index in [1.54, 1.807) is 4.57 Å². The number of fused-ring (bicyclic) bond motifs is 1. The molecular weight excluding hydrogens is 316 g/mol. The summed E-state index contributed by atoms with van der Waals surface area (Å²) in [4.78, 5) is 7.30. The van der Waals surface area contributed by atoms with Crippen molar-refractivity contribution in [3.8, 4) is 0 Å². The molecule has 2 aromatic rings. The van der Waals surface area contributed by atoms with Crippen molar-refractivity contribution in [1.29, 1.82) is 0 Å². The van der Waals surface area contributed by atoms with Gasteiger partial charge < -0.3 is 9.30 Å². The molecule has 0 N–H and O–H groups in total. The third-order valence-corrected chi connectivity index (χ3v) is 5.22. The molecule has 7 heteroatoms. The number of hydrogen-bond donors (Lipinski definition) is 0. The number of nitrogens with zero attached hydrogens (tertiary/aromatic N) is 3. The number of halogens is 3. The fourth-order valence-electron chi connectivity index (χ4n) is 2.98. The summed E-state index contributed by atoms with van der Waals surface area (Å²) >= 11 is 12.7. The maximum atomic E-state index is 14.2. The Morgan fingerprint density at radius 3 is 2.81 bits per heavy atom. The van der Waals surface area contributed by atoms with Gasteiger partial charge in [-0.3, -0.25) is 0 Å². The van der Waals surface area contributed by atoms with E-state index in [1.165, 1.54) is 12.5 Å². The van der Waals surface area contributed by atoms with Crippen LogP contribution in [0.1, 0.15) is 33.4 Å². The lowest BCUT2D eigenvalue weighted by Crippen LogP contribution is -2.32. The summed E-state index contributed by atoms with van der Waals surface area (Å²) in [6.45, 7) is 6.00. The molecule has 1 fully saturated rings. The summed E-state index contributed by atoms with van der Waals surface area (Å²) in [5.74, 6) is -0.341. The Hall–Kier alpha value is -0.910. The Balaban J connectivity index is 2.15. The lowest BCUT2D eigenvalue weighted by Gasteiger charge is -2.27. The average molecular weight is 332 g/mol. The Bertz CT molecular complexity index is 688. The zero-order chi connectivity index (χ0) is 15.4. The molecule has 1 aliphatic heterocycles. The van der Waals surface area contributed by atoms with Crippen LogP contribution in [-0.2, 0) is 4.74 Å². The standard InChI is InChI=1S/C14H16Cl2FN3O/c1-4-9-7(2)14(3,16)13(21-9)20-5-8(17)10-11(15)18-6-19-12(10)20/h5-7,9,13H,4H2,1-3H3/t7-,9-,13-,14-/m1/s1. The van der Waals surface area contributed by atoms with Crippen molar-refractivity contribution in [3.05, 3.63) is 23.5 Å². The van der Waals surface area contributed by atoms with E-state index in [1.807, 2.05) is 20.8 Å². The van der Waals surface area contributed by atoms with E-state index in [9.17, 15) is 4.39 Å². The molecule has 0 unspecified atom stereocenters.